The van der Waals surface area contributed by atoms with E-state index in [9.17, 15) is 0 Å². The summed E-state index contributed by atoms with van der Waals surface area (Å²) in [6, 6.07) is 2.30. The smallest absolute Gasteiger partial charge is 0.224 e. The number of nitrogens with one attached hydrogen (secondary N) is 1. The Labute approximate surface area is 96.8 Å². The molecule has 0 amide bonds. The quantitative estimate of drug-likeness (QED) is 0.791. The van der Waals surface area contributed by atoms with Gasteiger partial charge in [0, 0.05) is 32.9 Å². The van der Waals surface area contributed by atoms with Gasteiger partial charge in [0.2, 0.25) is 5.95 Å². The molecule has 1 heterocycles. The second kappa shape index (κ2) is 6.27. The van der Waals surface area contributed by atoms with Crippen LogP contribution in [0.4, 0.5) is 11.8 Å². The van der Waals surface area contributed by atoms with Crippen LogP contribution in [-0.2, 0) is 4.74 Å². The van der Waals surface area contributed by atoms with Gasteiger partial charge in [0.25, 0.3) is 0 Å². The van der Waals surface area contributed by atoms with Crippen molar-refractivity contribution in [2.45, 2.75) is 19.9 Å². The Hall–Kier alpha value is -1.36. The van der Waals surface area contributed by atoms with Crippen LogP contribution in [0.15, 0.2) is 12.3 Å². The third-order valence-corrected chi connectivity index (χ3v) is 2.32. The molecule has 0 aliphatic heterocycles. The SMILES string of the molecule is CNc1nccc(N(CCOC)C(C)C)n1. The van der Waals surface area contributed by atoms with Gasteiger partial charge in [-0.1, -0.05) is 0 Å². The van der Waals surface area contributed by atoms with Crippen LogP contribution in [0, 0.1) is 0 Å². The van der Waals surface area contributed by atoms with Crippen LogP contribution in [0.1, 0.15) is 13.8 Å². The molecule has 0 aromatic carbocycles. The molecule has 0 saturated heterocycles. The molecule has 16 heavy (non-hydrogen) atoms. The molecule has 0 unspecified atom stereocenters. The van der Waals surface area contributed by atoms with E-state index in [1.807, 2.05) is 13.1 Å². The van der Waals surface area contributed by atoms with Crippen LogP contribution < -0.4 is 10.2 Å². The Morgan fingerprint density at radius 2 is 2.25 bits per heavy atom. The molecule has 1 aromatic rings. The van der Waals surface area contributed by atoms with E-state index >= 15 is 0 Å². The third kappa shape index (κ3) is 3.34. The van der Waals surface area contributed by atoms with Crippen molar-refractivity contribution in [3.8, 4) is 0 Å². The molecule has 0 aliphatic carbocycles. The molecule has 90 valence electrons. The summed E-state index contributed by atoms with van der Waals surface area (Å²) < 4.78 is 5.10. The molecule has 5 nitrogen and oxygen atoms in total. The summed E-state index contributed by atoms with van der Waals surface area (Å²) in [6.45, 7) is 5.79. The lowest BCUT2D eigenvalue weighted by Gasteiger charge is -2.27. The minimum absolute atomic E-state index is 0.384. The maximum absolute atomic E-state index is 5.10. The highest BCUT2D eigenvalue weighted by Crippen LogP contribution is 2.14. The van der Waals surface area contributed by atoms with Crippen molar-refractivity contribution >= 4 is 11.8 Å². The predicted octanol–water partition coefficient (Wildman–Crippen LogP) is 1.38. The molecule has 1 N–H and O–H groups in total. The van der Waals surface area contributed by atoms with Gasteiger partial charge in [0.15, 0.2) is 0 Å². The zero-order chi connectivity index (χ0) is 12.0. The van der Waals surface area contributed by atoms with Crippen molar-refractivity contribution < 1.29 is 4.74 Å². The summed E-state index contributed by atoms with van der Waals surface area (Å²) in [6.07, 6.45) is 1.76. The highest BCUT2D eigenvalue weighted by Gasteiger charge is 2.11. The van der Waals surface area contributed by atoms with E-state index in [-0.39, 0.29) is 0 Å². The molecular weight excluding hydrogens is 204 g/mol. The minimum Gasteiger partial charge on any atom is -0.383 e. The maximum atomic E-state index is 5.10. The van der Waals surface area contributed by atoms with Crippen LogP contribution in [-0.4, -0.2) is 43.3 Å². The first-order chi connectivity index (χ1) is 7.69. The molecule has 1 rings (SSSR count). The number of methoxy groups -OCH3 is 1. The van der Waals surface area contributed by atoms with Gasteiger partial charge in [-0.05, 0) is 19.9 Å². The number of hydrogen-bond donors (Lipinski definition) is 1. The van der Waals surface area contributed by atoms with Gasteiger partial charge in [-0.15, -0.1) is 0 Å². The second-order valence-corrected chi connectivity index (χ2v) is 3.77. The van der Waals surface area contributed by atoms with Crippen molar-refractivity contribution in [1.29, 1.82) is 0 Å². The van der Waals surface area contributed by atoms with Gasteiger partial charge in [-0.3, -0.25) is 0 Å². The summed E-state index contributed by atoms with van der Waals surface area (Å²) in [7, 11) is 3.52. The van der Waals surface area contributed by atoms with Crippen molar-refractivity contribution in [3.63, 3.8) is 0 Å². The molecule has 0 fully saturated rings. The van der Waals surface area contributed by atoms with E-state index in [1.54, 1.807) is 13.3 Å². The monoisotopic (exact) mass is 224 g/mol. The summed E-state index contributed by atoms with van der Waals surface area (Å²) in [5.74, 6) is 1.56. The lowest BCUT2D eigenvalue weighted by atomic mass is 10.3. The van der Waals surface area contributed by atoms with Crippen LogP contribution in [0.5, 0.6) is 0 Å². The number of nitrogens with zero attached hydrogens (tertiary/aromatic N) is 3. The average Bonchev–Trinajstić information content (AvgIpc) is 2.29. The second-order valence-electron chi connectivity index (χ2n) is 3.77. The van der Waals surface area contributed by atoms with Gasteiger partial charge in [0.05, 0.1) is 6.61 Å². The van der Waals surface area contributed by atoms with E-state index in [0.717, 1.165) is 12.4 Å². The molecule has 5 heteroatoms. The van der Waals surface area contributed by atoms with E-state index in [4.69, 9.17) is 4.74 Å². The number of hydrogen-bond acceptors (Lipinski definition) is 5. The largest absolute Gasteiger partial charge is 0.383 e. The average molecular weight is 224 g/mol. The van der Waals surface area contributed by atoms with Gasteiger partial charge >= 0.3 is 0 Å². The Bertz CT molecular complexity index is 317. The standard InChI is InChI=1S/C11H20N4O/c1-9(2)15(7-8-16-4)10-5-6-13-11(12-3)14-10/h5-6,9H,7-8H2,1-4H3,(H,12,13,14). The van der Waals surface area contributed by atoms with E-state index in [1.165, 1.54) is 0 Å². The summed E-state index contributed by atoms with van der Waals surface area (Å²) in [4.78, 5) is 10.7. The van der Waals surface area contributed by atoms with Crippen LogP contribution in [0.2, 0.25) is 0 Å². The number of anilines is 2. The first-order valence-corrected chi connectivity index (χ1v) is 5.45. The van der Waals surface area contributed by atoms with Crippen molar-refractivity contribution in [1.82, 2.24) is 9.97 Å². The molecule has 0 saturated carbocycles. The normalized spacial score (nSPS) is 10.6. The summed E-state index contributed by atoms with van der Waals surface area (Å²) >= 11 is 0. The first kappa shape index (κ1) is 12.7. The Balaban J connectivity index is 2.82. The molecule has 0 spiro atoms. The lowest BCUT2D eigenvalue weighted by molar-refractivity contribution is 0.203. The topological polar surface area (TPSA) is 50.3 Å². The Morgan fingerprint density at radius 3 is 2.81 bits per heavy atom. The van der Waals surface area contributed by atoms with Crippen LogP contribution in [0.3, 0.4) is 0 Å². The van der Waals surface area contributed by atoms with Gasteiger partial charge < -0.3 is 15.0 Å². The molecule has 0 radical (unpaired) electrons. The number of rotatable bonds is 6. The third-order valence-electron chi connectivity index (χ3n) is 2.32. The fraction of sp³-hybridized carbons (Fsp3) is 0.636. The van der Waals surface area contributed by atoms with Crippen molar-refractivity contribution in [2.75, 3.05) is 37.5 Å². The van der Waals surface area contributed by atoms with Gasteiger partial charge in [-0.25, -0.2) is 4.98 Å². The van der Waals surface area contributed by atoms with Gasteiger partial charge in [0.1, 0.15) is 5.82 Å². The summed E-state index contributed by atoms with van der Waals surface area (Å²) in [5.41, 5.74) is 0. The predicted molar refractivity (Wildman–Crippen MR) is 65.9 cm³/mol. The van der Waals surface area contributed by atoms with E-state index in [2.05, 4.69) is 34.0 Å². The van der Waals surface area contributed by atoms with Crippen molar-refractivity contribution in [3.05, 3.63) is 12.3 Å². The zero-order valence-corrected chi connectivity index (χ0v) is 10.4. The molecule has 1 aromatic heterocycles. The van der Waals surface area contributed by atoms with Gasteiger partial charge in [-0.2, -0.15) is 4.98 Å². The summed E-state index contributed by atoms with van der Waals surface area (Å²) in [5, 5.41) is 2.94. The Kier molecular flexibility index (Phi) is 4.98. The van der Waals surface area contributed by atoms with E-state index in [0.29, 0.717) is 18.6 Å². The molecule has 0 atom stereocenters. The van der Waals surface area contributed by atoms with E-state index < -0.39 is 0 Å². The molecule has 0 bridgehead atoms. The fourth-order valence-electron chi connectivity index (χ4n) is 1.46. The van der Waals surface area contributed by atoms with Crippen LogP contribution >= 0.6 is 0 Å². The van der Waals surface area contributed by atoms with Crippen molar-refractivity contribution in [2.24, 2.45) is 0 Å². The minimum atomic E-state index is 0.384. The first-order valence-electron chi connectivity index (χ1n) is 5.45. The highest BCUT2D eigenvalue weighted by atomic mass is 16.5. The fourth-order valence-corrected chi connectivity index (χ4v) is 1.46. The number of aromatic nitrogens is 2. The maximum Gasteiger partial charge on any atom is 0.224 e. The molecule has 0 aliphatic rings. The Morgan fingerprint density at radius 1 is 1.50 bits per heavy atom. The van der Waals surface area contributed by atoms with Crippen LogP contribution in [0.25, 0.3) is 0 Å². The molecular formula is C11H20N4O. The highest BCUT2D eigenvalue weighted by molar-refractivity contribution is 5.42. The lowest BCUT2D eigenvalue weighted by Crippen LogP contribution is -2.34. The zero-order valence-electron chi connectivity index (χ0n) is 10.4. The number of ether oxygens (including phenoxy) is 1.